The van der Waals surface area contributed by atoms with E-state index in [1.54, 1.807) is 12.4 Å². The highest BCUT2D eigenvalue weighted by molar-refractivity contribution is 6.31. The largest absolute Gasteiger partial charge is 0.350 e. The van der Waals surface area contributed by atoms with Crippen molar-refractivity contribution >= 4 is 29.2 Å². The Hall–Kier alpha value is -1.46. The van der Waals surface area contributed by atoms with Gasteiger partial charge in [0.05, 0.1) is 0 Å². The fraction of sp³-hybridized carbons (Fsp3) is 0.200. The van der Waals surface area contributed by atoms with Gasteiger partial charge in [-0.25, -0.2) is 0 Å². The first-order valence-corrected chi connectivity index (χ1v) is 5.61. The molecule has 0 spiro atoms. The summed E-state index contributed by atoms with van der Waals surface area (Å²) < 4.78 is 0. The molecule has 2 rings (SSSR count). The third-order valence-electron chi connectivity index (χ3n) is 2.17. The monoisotopic (exact) mass is 269 g/mol. The molecule has 0 radical (unpaired) electrons. The number of anilines is 1. The summed E-state index contributed by atoms with van der Waals surface area (Å²) in [6.07, 6.45) is 3.53. The minimum atomic E-state index is 0.0652. The number of nitrogens with one attached hydrogen (secondary N) is 1. The van der Waals surface area contributed by atoms with Gasteiger partial charge in [0, 0.05) is 18.9 Å². The Kier molecular flexibility index (Phi) is 3.71. The number of halogens is 2. The Morgan fingerprint density at radius 1 is 1.18 bits per heavy atom. The van der Waals surface area contributed by atoms with E-state index in [0.29, 0.717) is 12.5 Å². The summed E-state index contributed by atoms with van der Waals surface area (Å²) in [6, 6.07) is 1.93. The summed E-state index contributed by atoms with van der Waals surface area (Å²) in [5.74, 6) is 0.346. The summed E-state index contributed by atoms with van der Waals surface area (Å²) in [6.45, 7) is 2.56. The molecule has 0 saturated carbocycles. The normalized spacial score (nSPS) is 10.3. The standard InChI is InChI=1S/C10H9Cl2N5/c1-6-2-3-13-4-7(6)5-14-10-16-8(11)15-9(12)17-10/h2-4H,5H2,1H3,(H,14,15,16,17). The molecule has 0 saturated heterocycles. The number of aryl methyl sites for hydroxylation is 1. The third-order valence-corrected chi connectivity index (χ3v) is 2.50. The Bertz CT molecular complexity index is 512. The maximum absolute atomic E-state index is 5.66. The molecule has 0 aliphatic carbocycles. The molecular weight excluding hydrogens is 261 g/mol. The van der Waals surface area contributed by atoms with Gasteiger partial charge in [-0.2, -0.15) is 15.0 Å². The molecule has 0 atom stereocenters. The summed E-state index contributed by atoms with van der Waals surface area (Å²) in [7, 11) is 0. The molecule has 1 N–H and O–H groups in total. The predicted molar refractivity (Wildman–Crippen MR) is 66.1 cm³/mol. The van der Waals surface area contributed by atoms with E-state index in [1.165, 1.54) is 0 Å². The number of aromatic nitrogens is 4. The van der Waals surface area contributed by atoms with Crippen LogP contribution in [0.5, 0.6) is 0 Å². The molecule has 17 heavy (non-hydrogen) atoms. The molecule has 2 heterocycles. The first-order chi connectivity index (χ1) is 8.15. The molecule has 0 bridgehead atoms. The van der Waals surface area contributed by atoms with Crippen molar-refractivity contribution < 1.29 is 0 Å². The predicted octanol–water partition coefficient (Wildman–Crippen LogP) is 2.49. The lowest BCUT2D eigenvalue weighted by molar-refractivity contribution is 0.989. The number of pyridine rings is 1. The van der Waals surface area contributed by atoms with Gasteiger partial charge in [-0.3, -0.25) is 4.98 Å². The average Bonchev–Trinajstić information content (AvgIpc) is 2.27. The van der Waals surface area contributed by atoms with Crippen molar-refractivity contribution in [2.45, 2.75) is 13.5 Å². The highest BCUT2D eigenvalue weighted by Gasteiger charge is 2.03. The lowest BCUT2D eigenvalue weighted by Crippen LogP contribution is -2.06. The van der Waals surface area contributed by atoms with Gasteiger partial charge in [0.2, 0.25) is 16.5 Å². The van der Waals surface area contributed by atoms with Crippen molar-refractivity contribution in [1.29, 1.82) is 0 Å². The Morgan fingerprint density at radius 2 is 1.88 bits per heavy atom. The molecule has 0 unspecified atom stereocenters. The smallest absolute Gasteiger partial charge is 0.228 e. The molecule has 0 aliphatic heterocycles. The van der Waals surface area contributed by atoms with Crippen LogP contribution in [0, 0.1) is 6.92 Å². The minimum Gasteiger partial charge on any atom is -0.350 e. The van der Waals surface area contributed by atoms with Crippen LogP contribution in [-0.4, -0.2) is 19.9 Å². The van der Waals surface area contributed by atoms with E-state index in [0.717, 1.165) is 11.1 Å². The van der Waals surface area contributed by atoms with E-state index in [4.69, 9.17) is 23.2 Å². The van der Waals surface area contributed by atoms with Gasteiger partial charge in [-0.1, -0.05) is 0 Å². The fourth-order valence-corrected chi connectivity index (χ4v) is 1.62. The maximum atomic E-state index is 5.66. The zero-order valence-electron chi connectivity index (χ0n) is 8.98. The molecule has 2 aromatic heterocycles. The Labute approximate surface area is 108 Å². The lowest BCUT2D eigenvalue weighted by atomic mass is 10.2. The summed E-state index contributed by atoms with van der Waals surface area (Å²) in [5.41, 5.74) is 2.19. The zero-order chi connectivity index (χ0) is 12.3. The van der Waals surface area contributed by atoms with Crippen LogP contribution in [0.1, 0.15) is 11.1 Å². The molecule has 0 aromatic carbocycles. The summed E-state index contributed by atoms with van der Waals surface area (Å²) in [4.78, 5) is 15.5. The van der Waals surface area contributed by atoms with E-state index in [-0.39, 0.29) is 10.6 Å². The lowest BCUT2D eigenvalue weighted by Gasteiger charge is -2.06. The molecular formula is C10H9Cl2N5. The number of hydrogen-bond acceptors (Lipinski definition) is 5. The number of rotatable bonds is 3. The SMILES string of the molecule is Cc1ccncc1CNc1nc(Cl)nc(Cl)n1. The van der Waals surface area contributed by atoms with Crippen molar-refractivity contribution in [3.63, 3.8) is 0 Å². The van der Waals surface area contributed by atoms with Gasteiger partial charge >= 0.3 is 0 Å². The van der Waals surface area contributed by atoms with Crippen LogP contribution in [0.3, 0.4) is 0 Å². The highest BCUT2D eigenvalue weighted by atomic mass is 35.5. The summed E-state index contributed by atoms with van der Waals surface area (Å²) in [5, 5.41) is 3.14. The van der Waals surface area contributed by atoms with Crippen molar-refractivity contribution in [2.75, 3.05) is 5.32 Å². The number of hydrogen-bond donors (Lipinski definition) is 1. The fourth-order valence-electron chi connectivity index (χ4n) is 1.26. The van der Waals surface area contributed by atoms with Crippen molar-refractivity contribution in [1.82, 2.24) is 19.9 Å². The van der Waals surface area contributed by atoms with Crippen molar-refractivity contribution in [3.8, 4) is 0 Å². The van der Waals surface area contributed by atoms with E-state index in [2.05, 4.69) is 25.3 Å². The Morgan fingerprint density at radius 3 is 2.53 bits per heavy atom. The van der Waals surface area contributed by atoms with Crippen LogP contribution in [0.25, 0.3) is 0 Å². The Balaban J connectivity index is 2.10. The highest BCUT2D eigenvalue weighted by Crippen LogP contribution is 2.11. The molecule has 0 amide bonds. The van der Waals surface area contributed by atoms with Crippen LogP contribution >= 0.6 is 23.2 Å². The van der Waals surface area contributed by atoms with Crippen LogP contribution in [0.4, 0.5) is 5.95 Å². The molecule has 0 aliphatic rings. The van der Waals surface area contributed by atoms with Gasteiger partial charge < -0.3 is 5.32 Å². The van der Waals surface area contributed by atoms with Crippen LogP contribution in [-0.2, 0) is 6.54 Å². The second-order valence-corrected chi connectivity index (χ2v) is 4.03. The molecule has 88 valence electrons. The van der Waals surface area contributed by atoms with E-state index in [9.17, 15) is 0 Å². The quantitative estimate of drug-likeness (QED) is 0.928. The number of nitrogens with zero attached hydrogens (tertiary/aromatic N) is 4. The first kappa shape index (κ1) is 12.0. The summed E-state index contributed by atoms with van der Waals surface area (Å²) >= 11 is 11.3. The van der Waals surface area contributed by atoms with Gasteiger partial charge in [0.1, 0.15) is 0 Å². The topological polar surface area (TPSA) is 63.6 Å². The van der Waals surface area contributed by atoms with Crippen LogP contribution < -0.4 is 5.32 Å². The van der Waals surface area contributed by atoms with Crippen molar-refractivity contribution in [3.05, 3.63) is 40.2 Å². The van der Waals surface area contributed by atoms with E-state index in [1.807, 2.05) is 13.0 Å². The second-order valence-electron chi connectivity index (χ2n) is 3.35. The average molecular weight is 270 g/mol. The molecule has 7 heteroatoms. The van der Waals surface area contributed by atoms with Crippen molar-refractivity contribution in [2.24, 2.45) is 0 Å². The maximum Gasteiger partial charge on any atom is 0.228 e. The molecule has 0 fully saturated rings. The zero-order valence-corrected chi connectivity index (χ0v) is 10.5. The van der Waals surface area contributed by atoms with Gasteiger partial charge in [-0.05, 0) is 47.3 Å². The molecule has 2 aromatic rings. The van der Waals surface area contributed by atoms with Crippen LogP contribution in [0.2, 0.25) is 10.6 Å². The van der Waals surface area contributed by atoms with Gasteiger partial charge in [0.15, 0.2) is 0 Å². The third kappa shape index (κ3) is 3.25. The molecule has 5 nitrogen and oxygen atoms in total. The minimum absolute atomic E-state index is 0.0652. The van der Waals surface area contributed by atoms with Gasteiger partial charge in [-0.15, -0.1) is 0 Å². The van der Waals surface area contributed by atoms with Crippen LogP contribution in [0.15, 0.2) is 18.5 Å². The second kappa shape index (κ2) is 5.25. The van der Waals surface area contributed by atoms with E-state index >= 15 is 0 Å². The van der Waals surface area contributed by atoms with E-state index < -0.39 is 0 Å². The first-order valence-electron chi connectivity index (χ1n) is 4.85. The van der Waals surface area contributed by atoms with Gasteiger partial charge in [0.25, 0.3) is 0 Å².